The van der Waals surface area contributed by atoms with Crippen molar-refractivity contribution in [2.24, 2.45) is 0 Å². The summed E-state index contributed by atoms with van der Waals surface area (Å²) in [6.07, 6.45) is -1.22. The molecule has 0 saturated heterocycles. The monoisotopic (exact) mass is 276 g/mol. The molecule has 0 spiro atoms. The van der Waals surface area contributed by atoms with Gasteiger partial charge in [-0.05, 0) is 12.1 Å². The smallest absolute Gasteiger partial charge is 0.196 e. The van der Waals surface area contributed by atoms with E-state index < -0.39 is 6.10 Å². The quantitative estimate of drug-likeness (QED) is 0.595. The van der Waals surface area contributed by atoms with Gasteiger partial charge in [-0.3, -0.25) is 4.79 Å². The molecule has 0 saturated carbocycles. The largest absolute Gasteiger partial charge is 0.380 e. The second-order valence-corrected chi connectivity index (χ2v) is 4.81. The van der Waals surface area contributed by atoms with Crippen LogP contribution in [0.4, 0.5) is 0 Å². The minimum Gasteiger partial charge on any atom is -0.380 e. The molecule has 18 heavy (non-hydrogen) atoms. The number of benzene rings is 2. The molecule has 0 aromatic heterocycles. The number of carbonyl (C=O) groups excluding carboxylic acids is 1. The summed E-state index contributed by atoms with van der Waals surface area (Å²) >= 11 is 8.46. The van der Waals surface area contributed by atoms with E-state index in [4.69, 9.17) is 0 Å². The Morgan fingerprint density at radius 3 is 2.11 bits per heavy atom. The zero-order chi connectivity index (χ0) is 13.1. The highest BCUT2D eigenvalue weighted by molar-refractivity contribution is 7.80. The summed E-state index contributed by atoms with van der Waals surface area (Å²) in [4.78, 5) is 13.3. The molecule has 2 nitrogen and oxygen atoms in total. The maximum absolute atomic E-state index is 12.2. The van der Waals surface area contributed by atoms with Crippen molar-refractivity contribution in [2.45, 2.75) is 15.9 Å². The van der Waals surface area contributed by atoms with Gasteiger partial charge in [0.25, 0.3) is 0 Å². The van der Waals surface area contributed by atoms with Gasteiger partial charge in [-0.25, -0.2) is 0 Å². The fraction of sp³-hybridized carbons (Fsp3) is 0.0714. The normalized spacial score (nSPS) is 12.2. The molecule has 0 bridgehead atoms. The van der Waals surface area contributed by atoms with Crippen LogP contribution in [-0.2, 0) is 0 Å². The van der Waals surface area contributed by atoms with Crippen molar-refractivity contribution in [1.29, 1.82) is 0 Å². The average molecular weight is 276 g/mol. The SMILES string of the molecule is O=C(c1ccccc1S)[C@H](O)c1ccccc1S. The maximum atomic E-state index is 12.2. The molecule has 0 aliphatic rings. The molecule has 4 heteroatoms. The number of ketones is 1. The zero-order valence-corrected chi connectivity index (χ0v) is 11.2. The zero-order valence-electron chi connectivity index (χ0n) is 9.45. The number of rotatable bonds is 3. The molecule has 0 unspecified atom stereocenters. The lowest BCUT2D eigenvalue weighted by Gasteiger charge is -2.13. The predicted octanol–water partition coefficient (Wildman–Crippen LogP) is 3.18. The van der Waals surface area contributed by atoms with Gasteiger partial charge in [-0.1, -0.05) is 36.4 Å². The molecule has 0 heterocycles. The summed E-state index contributed by atoms with van der Waals surface area (Å²) in [5.74, 6) is -0.373. The van der Waals surface area contributed by atoms with Gasteiger partial charge < -0.3 is 5.11 Å². The van der Waals surface area contributed by atoms with Crippen molar-refractivity contribution in [3.8, 4) is 0 Å². The number of Topliss-reactive ketones (excluding diaryl/α,β-unsaturated/α-hetero) is 1. The molecular weight excluding hydrogens is 264 g/mol. The highest BCUT2D eigenvalue weighted by Gasteiger charge is 2.22. The lowest BCUT2D eigenvalue weighted by atomic mass is 10.00. The predicted molar refractivity (Wildman–Crippen MR) is 76.7 cm³/mol. The van der Waals surface area contributed by atoms with Gasteiger partial charge in [0.2, 0.25) is 0 Å². The summed E-state index contributed by atoms with van der Waals surface area (Å²) in [5.41, 5.74) is 0.910. The van der Waals surface area contributed by atoms with E-state index in [2.05, 4.69) is 25.3 Å². The first-order chi connectivity index (χ1) is 8.61. The van der Waals surface area contributed by atoms with Gasteiger partial charge in [0, 0.05) is 20.9 Å². The van der Waals surface area contributed by atoms with Crippen molar-refractivity contribution in [3.05, 3.63) is 59.7 Å². The topological polar surface area (TPSA) is 37.3 Å². The van der Waals surface area contributed by atoms with Crippen LogP contribution in [0.1, 0.15) is 22.0 Å². The first kappa shape index (κ1) is 13.2. The Hall–Kier alpha value is -1.23. The van der Waals surface area contributed by atoms with Gasteiger partial charge in [-0.2, -0.15) is 0 Å². The Bertz CT molecular complexity index is 582. The fourth-order valence-electron chi connectivity index (χ4n) is 1.69. The van der Waals surface area contributed by atoms with Crippen LogP contribution in [0.15, 0.2) is 58.3 Å². The van der Waals surface area contributed by atoms with Crippen LogP contribution in [-0.4, -0.2) is 10.9 Å². The Kier molecular flexibility index (Phi) is 4.11. The van der Waals surface area contributed by atoms with E-state index in [9.17, 15) is 9.90 Å². The van der Waals surface area contributed by atoms with E-state index in [1.54, 1.807) is 48.5 Å². The number of hydrogen-bond acceptors (Lipinski definition) is 4. The Labute approximate surface area is 116 Å². The van der Waals surface area contributed by atoms with Gasteiger partial charge in [0.05, 0.1) is 0 Å². The molecular formula is C14H12O2S2. The van der Waals surface area contributed by atoms with Gasteiger partial charge in [0.1, 0.15) is 6.10 Å². The first-order valence-corrected chi connectivity index (χ1v) is 6.29. The van der Waals surface area contributed by atoms with E-state index in [-0.39, 0.29) is 5.78 Å². The van der Waals surface area contributed by atoms with Gasteiger partial charge in [-0.15, -0.1) is 25.3 Å². The van der Waals surface area contributed by atoms with Crippen molar-refractivity contribution in [3.63, 3.8) is 0 Å². The van der Waals surface area contributed by atoms with Crippen LogP contribution in [0.5, 0.6) is 0 Å². The van der Waals surface area contributed by atoms with Crippen LogP contribution in [0, 0.1) is 0 Å². The van der Waals surface area contributed by atoms with Crippen LogP contribution >= 0.6 is 25.3 Å². The van der Waals surface area contributed by atoms with Gasteiger partial charge in [0.15, 0.2) is 5.78 Å². The Morgan fingerprint density at radius 1 is 0.944 bits per heavy atom. The van der Waals surface area contributed by atoms with Crippen molar-refractivity contribution < 1.29 is 9.90 Å². The molecule has 0 aliphatic heterocycles. The molecule has 0 amide bonds. The molecule has 0 aliphatic carbocycles. The molecule has 1 atom stereocenters. The van der Waals surface area contributed by atoms with E-state index in [0.717, 1.165) is 0 Å². The molecule has 2 rings (SSSR count). The Morgan fingerprint density at radius 2 is 1.50 bits per heavy atom. The van der Waals surface area contributed by atoms with E-state index in [0.29, 0.717) is 20.9 Å². The minimum absolute atomic E-state index is 0.373. The highest BCUT2D eigenvalue weighted by Crippen LogP contribution is 2.26. The van der Waals surface area contributed by atoms with Crippen LogP contribution in [0.25, 0.3) is 0 Å². The van der Waals surface area contributed by atoms with Crippen molar-refractivity contribution in [1.82, 2.24) is 0 Å². The minimum atomic E-state index is -1.22. The summed E-state index contributed by atoms with van der Waals surface area (Å²) in [6, 6.07) is 13.9. The van der Waals surface area contributed by atoms with Crippen LogP contribution < -0.4 is 0 Å². The fourth-order valence-corrected chi connectivity index (χ4v) is 2.24. The third-order valence-corrected chi connectivity index (χ3v) is 3.45. The van der Waals surface area contributed by atoms with Crippen LogP contribution in [0.2, 0.25) is 0 Å². The Balaban J connectivity index is 2.36. The summed E-state index contributed by atoms with van der Waals surface area (Å²) in [7, 11) is 0. The molecule has 2 aromatic rings. The standard InChI is InChI=1S/C14H12O2S2/c15-13(9-5-1-3-7-11(9)17)14(16)10-6-2-4-8-12(10)18/h1-8,13,15,17-18H/t13-/m1/s1. The number of thiol groups is 2. The second kappa shape index (κ2) is 5.61. The maximum Gasteiger partial charge on any atom is 0.196 e. The van der Waals surface area contributed by atoms with E-state index >= 15 is 0 Å². The number of carbonyl (C=O) groups is 1. The first-order valence-electron chi connectivity index (χ1n) is 5.39. The van der Waals surface area contributed by atoms with Crippen molar-refractivity contribution >= 4 is 31.0 Å². The van der Waals surface area contributed by atoms with Gasteiger partial charge >= 0.3 is 0 Å². The highest BCUT2D eigenvalue weighted by atomic mass is 32.1. The average Bonchev–Trinajstić information content (AvgIpc) is 2.38. The third-order valence-electron chi connectivity index (χ3n) is 2.65. The number of hydrogen-bond donors (Lipinski definition) is 3. The summed E-state index contributed by atoms with van der Waals surface area (Å²) < 4.78 is 0. The third kappa shape index (κ3) is 2.61. The second-order valence-electron chi connectivity index (χ2n) is 3.84. The molecule has 1 N–H and O–H groups in total. The van der Waals surface area contributed by atoms with E-state index in [1.165, 1.54) is 0 Å². The molecule has 0 radical (unpaired) electrons. The number of aliphatic hydroxyl groups excluding tert-OH is 1. The lowest BCUT2D eigenvalue weighted by Crippen LogP contribution is -2.13. The van der Waals surface area contributed by atoms with Crippen LogP contribution in [0.3, 0.4) is 0 Å². The molecule has 2 aromatic carbocycles. The lowest BCUT2D eigenvalue weighted by molar-refractivity contribution is 0.0740. The molecule has 0 fully saturated rings. The summed E-state index contributed by atoms with van der Waals surface area (Å²) in [5, 5.41) is 10.1. The number of aliphatic hydroxyl groups is 1. The van der Waals surface area contributed by atoms with E-state index in [1.807, 2.05) is 0 Å². The molecule has 92 valence electrons. The van der Waals surface area contributed by atoms with Crippen molar-refractivity contribution in [2.75, 3.05) is 0 Å². The summed E-state index contributed by atoms with van der Waals surface area (Å²) in [6.45, 7) is 0.